The molecule has 0 atom stereocenters. The number of ketones is 1. The first-order valence-electron chi connectivity index (χ1n) is 13.9. The van der Waals surface area contributed by atoms with Crippen molar-refractivity contribution < 1.29 is 14.4 Å². The quantitative estimate of drug-likeness (QED) is 0.115. The van der Waals surface area contributed by atoms with Gasteiger partial charge in [-0.2, -0.15) is 0 Å². The number of aromatic nitrogens is 1. The maximum Gasteiger partial charge on any atom is 0.354 e. The van der Waals surface area contributed by atoms with Gasteiger partial charge in [0, 0.05) is 39.5 Å². The van der Waals surface area contributed by atoms with Crippen molar-refractivity contribution in [2.75, 3.05) is 13.1 Å². The molecule has 0 unspecified atom stereocenters. The normalized spacial score (nSPS) is 15.2. The Morgan fingerprint density at radius 2 is 1.51 bits per heavy atom. The Balaban J connectivity index is 1.48. The summed E-state index contributed by atoms with van der Waals surface area (Å²) in [7, 11) is 0. The first-order valence-corrected chi connectivity index (χ1v) is 13.9. The molecule has 3 aromatic carbocycles. The number of carbonyl (C=O) groups excluding carboxylic acids is 2. The van der Waals surface area contributed by atoms with E-state index in [4.69, 9.17) is 4.84 Å². The number of oxime groups is 1. The molecular weight excluding hydrogens is 486 g/mol. The lowest BCUT2D eigenvalue weighted by atomic mass is 9.97. The Labute approximate surface area is 230 Å². The van der Waals surface area contributed by atoms with Crippen molar-refractivity contribution in [2.45, 2.75) is 66.0 Å². The van der Waals surface area contributed by atoms with Crippen LogP contribution in [0.1, 0.15) is 74.0 Å². The molecule has 0 N–H and O–H groups in total. The van der Waals surface area contributed by atoms with Gasteiger partial charge in [0.05, 0.1) is 5.71 Å². The summed E-state index contributed by atoms with van der Waals surface area (Å²) in [6, 6.07) is 19.8. The molecule has 4 aromatic rings. The van der Waals surface area contributed by atoms with Crippen molar-refractivity contribution in [2.24, 2.45) is 5.16 Å². The van der Waals surface area contributed by atoms with Crippen LogP contribution in [0.5, 0.6) is 0 Å². The predicted octanol–water partition coefficient (Wildman–Crippen LogP) is 6.89. The number of carbonyl (C=O) groups is 2. The summed E-state index contributed by atoms with van der Waals surface area (Å²) in [5.41, 5.74) is 5.29. The molecule has 0 aliphatic carbocycles. The fourth-order valence-corrected chi connectivity index (χ4v) is 5.65. The van der Waals surface area contributed by atoms with Gasteiger partial charge in [-0.25, -0.2) is 4.79 Å². The van der Waals surface area contributed by atoms with Crippen LogP contribution in [-0.4, -0.2) is 45.6 Å². The third-order valence-electron chi connectivity index (χ3n) is 8.16. The highest BCUT2D eigenvalue weighted by atomic mass is 16.7. The van der Waals surface area contributed by atoms with Gasteiger partial charge in [0.2, 0.25) is 0 Å². The second-order valence-corrected chi connectivity index (χ2v) is 11.0. The molecule has 6 heteroatoms. The van der Waals surface area contributed by atoms with Gasteiger partial charge in [-0.15, -0.1) is 0 Å². The molecule has 202 valence electrons. The van der Waals surface area contributed by atoms with E-state index < -0.39 is 5.54 Å². The topological polar surface area (TPSA) is 63.9 Å². The zero-order valence-corrected chi connectivity index (χ0v) is 23.6. The summed E-state index contributed by atoms with van der Waals surface area (Å²) < 4.78 is 2.25. The minimum absolute atomic E-state index is 0.0181. The molecule has 0 bridgehead atoms. The van der Waals surface area contributed by atoms with Gasteiger partial charge in [-0.3, -0.25) is 9.69 Å². The van der Waals surface area contributed by atoms with E-state index in [1.807, 2.05) is 76.2 Å². The van der Waals surface area contributed by atoms with Crippen LogP contribution in [0.15, 0.2) is 65.8 Å². The van der Waals surface area contributed by atoms with Crippen molar-refractivity contribution in [1.29, 1.82) is 0 Å². The van der Waals surface area contributed by atoms with Crippen molar-refractivity contribution in [1.82, 2.24) is 9.47 Å². The number of fused-ring (bicyclic) bond motifs is 3. The predicted molar refractivity (Wildman–Crippen MR) is 158 cm³/mol. The zero-order valence-electron chi connectivity index (χ0n) is 23.6. The number of aryl methyl sites for hydroxylation is 2. The highest BCUT2D eigenvalue weighted by Gasteiger charge is 2.37. The van der Waals surface area contributed by atoms with Gasteiger partial charge in [0.15, 0.2) is 5.78 Å². The van der Waals surface area contributed by atoms with Crippen LogP contribution in [0.3, 0.4) is 0 Å². The summed E-state index contributed by atoms with van der Waals surface area (Å²) in [6.07, 6.45) is 3.41. The Morgan fingerprint density at radius 3 is 2.15 bits per heavy atom. The van der Waals surface area contributed by atoms with Crippen molar-refractivity contribution in [3.05, 3.63) is 82.9 Å². The first-order chi connectivity index (χ1) is 18.7. The van der Waals surface area contributed by atoms with E-state index in [1.54, 1.807) is 0 Å². The molecule has 0 spiro atoms. The molecule has 1 saturated heterocycles. The lowest BCUT2D eigenvalue weighted by molar-refractivity contribution is -0.157. The van der Waals surface area contributed by atoms with Crippen molar-refractivity contribution in [3.63, 3.8) is 0 Å². The molecule has 1 fully saturated rings. The monoisotopic (exact) mass is 523 g/mol. The number of hydrogen-bond donors (Lipinski definition) is 0. The third-order valence-corrected chi connectivity index (χ3v) is 8.16. The van der Waals surface area contributed by atoms with Gasteiger partial charge < -0.3 is 9.40 Å². The minimum atomic E-state index is -0.719. The second kappa shape index (κ2) is 10.8. The van der Waals surface area contributed by atoms with Gasteiger partial charge in [-0.1, -0.05) is 41.9 Å². The van der Waals surface area contributed by atoms with E-state index in [0.29, 0.717) is 16.8 Å². The van der Waals surface area contributed by atoms with Crippen LogP contribution in [-0.2, 0) is 16.2 Å². The maximum absolute atomic E-state index is 13.4. The number of rotatable bonds is 7. The average molecular weight is 524 g/mol. The Hall–Kier alpha value is -3.77. The minimum Gasteiger partial charge on any atom is -0.341 e. The van der Waals surface area contributed by atoms with Crippen LogP contribution in [0, 0.1) is 6.92 Å². The molecule has 2 heterocycles. The van der Waals surface area contributed by atoms with Crippen molar-refractivity contribution >= 4 is 39.3 Å². The van der Waals surface area contributed by atoms with E-state index >= 15 is 0 Å². The average Bonchev–Trinajstić information content (AvgIpc) is 3.28. The van der Waals surface area contributed by atoms with Gasteiger partial charge in [-0.05, 0) is 102 Å². The van der Waals surface area contributed by atoms with Crippen LogP contribution in [0.2, 0.25) is 0 Å². The summed E-state index contributed by atoms with van der Waals surface area (Å²) in [5, 5.41) is 6.30. The first kappa shape index (κ1) is 26.8. The summed E-state index contributed by atoms with van der Waals surface area (Å²) in [4.78, 5) is 34.0. The van der Waals surface area contributed by atoms with E-state index in [2.05, 4.69) is 33.7 Å². The van der Waals surface area contributed by atoms with Gasteiger partial charge in [0.25, 0.3) is 0 Å². The van der Waals surface area contributed by atoms with E-state index in [0.717, 1.165) is 65.4 Å². The molecule has 0 saturated carbocycles. The maximum atomic E-state index is 13.4. The molecule has 6 nitrogen and oxygen atoms in total. The molecular formula is C33H37N3O3. The largest absolute Gasteiger partial charge is 0.354 e. The fourth-order valence-electron chi connectivity index (χ4n) is 5.65. The summed E-state index contributed by atoms with van der Waals surface area (Å²) in [5.74, 6) is -0.323. The highest BCUT2D eigenvalue weighted by Crippen LogP contribution is 2.32. The molecule has 0 radical (unpaired) electrons. The van der Waals surface area contributed by atoms with Crippen molar-refractivity contribution in [3.8, 4) is 0 Å². The molecule has 1 aliphatic heterocycles. The Kier molecular flexibility index (Phi) is 7.41. The summed E-state index contributed by atoms with van der Waals surface area (Å²) >= 11 is 0. The zero-order chi connectivity index (χ0) is 27.7. The van der Waals surface area contributed by atoms with Crippen LogP contribution < -0.4 is 0 Å². The number of benzene rings is 3. The van der Waals surface area contributed by atoms with Crippen LogP contribution >= 0.6 is 0 Å². The number of piperidine rings is 1. The van der Waals surface area contributed by atoms with Crippen LogP contribution in [0.25, 0.3) is 21.8 Å². The lowest BCUT2D eigenvalue weighted by Crippen LogP contribution is -2.52. The van der Waals surface area contributed by atoms with E-state index in [9.17, 15) is 9.59 Å². The third kappa shape index (κ3) is 5.01. The Bertz CT molecular complexity index is 1590. The molecule has 5 rings (SSSR count). The van der Waals surface area contributed by atoms with E-state index in [1.165, 1.54) is 6.42 Å². The summed E-state index contributed by atoms with van der Waals surface area (Å²) in [6.45, 7) is 12.4. The second-order valence-electron chi connectivity index (χ2n) is 11.0. The lowest BCUT2D eigenvalue weighted by Gasteiger charge is -2.38. The number of hydrogen-bond acceptors (Lipinski definition) is 5. The smallest absolute Gasteiger partial charge is 0.341 e. The SMILES string of the molecule is CCn1c2ccc(C(=O)c3ccccc3C)cc2c2cc(C(C)=NOC(=O)C(C)(C)N3CCCCC3)ccc21. The molecule has 1 aliphatic rings. The molecule has 1 aromatic heterocycles. The fraction of sp³-hybridized carbons (Fsp3) is 0.364. The molecule has 0 amide bonds. The van der Waals surface area contributed by atoms with E-state index in [-0.39, 0.29) is 11.8 Å². The number of nitrogens with zero attached hydrogens (tertiary/aromatic N) is 3. The Morgan fingerprint density at radius 1 is 0.897 bits per heavy atom. The van der Waals surface area contributed by atoms with Gasteiger partial charge in [0.1, 0.15) is 5.54 Å². The highest BCUT2D eigenvalue weighted by molar-refractivity contribution is 6.16. The number of likely N-dealkylation sites (tertiary alicyclic amines) is 1. The molecule has 39 heavy (non-hydrogen) atoms. The van der Waals surface area contributed by atoms with Gasteiger partial charge >= 0.3 is 5.97 Å². The standard InChI is InChI=1S/C33H37N3O3/c1-6-36-29-16-14-24(23(3)34-39-32(38)33(4,5)35-18-10-7-11-19-35)20-27(29)28-21-25(15-17-30(28)36)31(37)26-13-9-8-12-22(26)2/h8-9,12-17,20-21H,6-7,10-11,18-19H2,1-5H3. The van der Waals surface area contributed by atoms with Crippen LogP contribution in [0.4, 0.5) is 0 Å².